The number of phosphoric acid groups is 1. The molecule has 0 fully saturated rings. The van der Waals surface area contributed by atoms with E-state index in [0.29, 0.717) is 6.42 Å². The molecule has 0 aliphatic carbocycles. The first kappa shape index (κ1) is 47.2. The number of carbonyl (C=O) groups excluding carboxylic acids is 1. The van der Waals surface area contributed by atoms with Gasteiger partial charge in [-0.1, -0.05) is 187 Å². The molecule has 5 N–H and O–H groups in total. The molecule has 3 unspecified atom stereocenters. The van der Waals surface area contributed by atoms with Crippen molar-refractivity contribution in [1.29, 1.82) is 0 Å². The number of nitrogens with one attached hydrogen (secondary N) is 1. The van der Waals surface area contributed by atoms with Crippen molar-refractivity contribution in [2.75, 3.05) is 19.8 Å². The molecule has 0 aromatic carbocycles. The zero-order chi connectivity index (χ0) is 35.4. The molecule has 0 aromatic rings. The monoisotopic (exact) mass is 703 g/mol. The number of unbranched alkanes of at least 4 members (excludes halogenated alkanes) is 26. The number of hydrogen-bond acceptors (Lipinski definition) is 6. The van der Waals surface area contributed by atoms with E-state index in [1.54, 1.807) is 6.08 Å². The lowest BCUT2D eigenvalue weighted by Gasteiger charge is -2.23. The molecular weight excluding hydrogens is 623 g/mol. The number of hydrogen-bond donors (Lipinski definition) is 4. The maximum absolute atomic E-state index is 12.7. The second-order valence-corrected chi connectivity index (χ2v) is 15.3. The largest absolute Gasteiger partial charge is 0.472 e. The molecular formula is C39H79N2O6P. The summed E-state index contributed by atoms with van der Waals surface area (Å²) in [6.45, 7) is 4.13. The Balaban J connectivity index is 4.22. The summed E-state index contributed by atoms with van der Waals surface area (Å²) in [5.74, 6) is -0.194. The van der Waals surface area contributed by atoms with Crippen LogP contribution < -0.4 is 11.1 Å². The van der Waals surface area contributed by atoms with Gasteiger partial charge in [0, 0.05) is 13.0 Å². The lowest BCUT2D eigenvalue weighted by molar-refractivity contribution is -0.123. The van der Waals surface area contributed by atoms with Crippen LogP contribution in [0.4, 0.5) is 0 Å². The fourth-order valence-corrected chi connectivity index (χ4v) is 6.77. The van der Waals surface area contributed by atoms with Gasteiger partial charge in [0.05, 0.1) is 25.4 Å². The molecule has 0 saturated carbocycles. The highest BCUT2D eigenvalue weighted by Crippen LogP contribution is 2.43. The fraction of sp³-hybridized carbons (Fsp3) is 0.923. The van der Waals surface area contributed by atoms with Crippen LogP contribution >= 0.6 is 7.82 Å². The Morgan fingerprint density at radius 3 is 1.48 bits per heavy atom. The molecule has 0 bridgehead atoms. The van der Waals surface area contributed by atoms with Crippen LogP contribution in [0.1, 0.15) is 200 Å². The number of phosphoric ester groups is 1. The van der Waals surface area contributed by atoms with E-state index in [9.17, 15) is 19.4 Å². The molecule has 0 saturated heterocycles. The predicted octanol–water partition coefficient (Wildman–Crippen LogP) is 10.8. The summed E-state index contributed by atoms with van der Waals surface area (Å²) in [5.41, 5.74) is 5.36. The summed E-state index contributed by atoms with van der Waals surface area (Å²) in [5, 5.41) is 13.6. The van der Waals surface area contributed by atoms with E-state index in [1.165, 1.54) is 141 Å². The highest BCUT2D eigenvalue weighted by atomic mass is 31.2. The number of carbonyl (C=O) groups is 1. The Labute approximate surface area is 296 Å². The molecule has 3 atom stereocenters. The van der Waals surface area contributed by atoms with E-state index in [1.807, 2.05) is 6.08 Å². The van der Waals surface area contributed by atoms with Gasteiger partial charge in [0.1, 0.15) is 0 Å². The Hall–Kier alpha value is -0.760. The first-order chi connectivity index (χ1) is 23.4. The third kappa shape index (κ3) is 33.7. The van der Waals surface area contributed by atoms with E-state index in [-0.39, 0.29) is 25.7 Å². The summed E-state index contributed by atoms with van der Waals surface area (Å²) >= 11 is 0. The van der Waals surface area contributed by atoms with Gasteiger partial charge >= 0.3 is 7.82 Å². The summed E-state index contributed by atoms with van der Waals surface area (Å²) < 4.78 is 22.0. The maximum atomic E-state index is 12.7. The maximum Gasteiger partial charge on any atom is 0.472 e. The van der Waals surface area contributed by atoms with Crippen molar-refractivity contribution in [2.24, 2.45) is 5.73 Å². The molecule has 0 aliphatic rings. The van der Waals surface area contributed by atoms with Crippen molar-refractivity contribution in [3.05, 3.63) is 12.2 Å². The highest BCUT2D eigenvalue weighted by Gasteiger charge is 2.26. The number of aliphatic hydroxyl groups is 1. The third-order valence-electron chi connectivity index (χ3n) is 9.11. The van der Waals surface area contributed by atoms with Gasteiger partial charge in [-0.2, -0.15) is 0 Å². The number of rotatable bonds is 38. The topological polar surface area (TPSA) is 131 Å². The van der Waals surface area contributed by atoms with Crippen LogP contribution in [0.2, 0.25) is 0 Å². The Kier molecular flexibility index (Phi) is 35.5. The van der Waals surface area contributed by atoms with Crippen LogP contribution in [0.5, 0.6) is 0 Å². The number of nitrogens with two attached hydrogens (primary N) is 1. The van der Waals surface area contributed by atoms with Crippen molar-refractivity contribution >= 4 is 13.7 Å². The summed E-state index contributed by atoms with van der Waals surface area (Å²) in [6, 6.07) is -0.853. The summed E-state index contributed by atoms with van der Waals surface area (Å²) in [6.07, 6.45) is 38.3. The van der Waals surface area contributed by atoms with Crippen molar-refractivity contribution in [3.8, 4) is 0 Å². The van der Waals surface area contributed by atoms with Crippen molar-refractivity contribution in [1.82, 2.24) is 5.32 Å². The molecule has 0 rings (SSSR count). The Bertz CT molecular complexity index is 769. The number of aliphatic hydroxyl groups excluding tert-OH is 1. The average Bonchev–Trinajstić information content (AvgIpc) is 3.07. The first-order valence-electron chi connectivity index (χ1n) is 20.3. The van der Waals surface area contributed by atoms with E-state index in [0.717, 1.165) is 38.5 Å². The standard InChI is InChI=1S/C39H79N2O6P/c1-3-5-7-9-11-13-15-16-17-18-19-20-21-23-24-26-28-30-32-38(42)37(36-47-48(44,45)46-35-34-40)41-39(43)33-31-29-27-25-22-14-12-10-8-6-4-2/h30,32,37-38,42H,3-29,31,33-36,40H2,1-2H3,(H,41,43)(H,44,45)/b32-30+. The number of allylic oxidation sites excluding steroid dienone is 1. The van der Waals surface area contributed by atoms with Gasteiger partial charge in [0.2, 0.25) is 5.91 Å². The normalized spacial score (nSPS) is 14.4. The van der Waals surface area contributed by atoms with Crippen molar-refractivity contribution in [2.45, 2.75) is 212 Å². The molecule has 0 spiro atoms. The minimum absolute atomic E-state index is 0.0811. The van der Waals surface area contributed by atoms with E-state index >= 15 is 0 Å². The fourth-order valence-electron chi connectivity index (χ4n) is 6.01. The SMILES string of the molecule is CCCCCCCCCCCCCCCCCC/C=C/C(O)C(COP(=O)(O)OCCN)NC(=O)CCCCCCCCCCCCC. The first-order valence-corrected chi connectivity index (χ1v) is 21.8. The minimum Gasteiger partial charge on any atom is -0.387 e. The van der Waals surface area contributed by atoms with Gasteiger partial charge in [-0.25, -0.2) is 4.57 Å². The van der Waals surface area contributed by atoms with E-state index < -0.39 is 20.0 Å². The molecule has 0 aromatic heterocycles. The van der Waals surface area contributed by atoms with E-state index in [2.05, 4.69) is 19.2 Å². The number of amides is 1. The van der Waals surface area contributed by atoms with Gasteiger partial charge in [0.25, 0.3) is 0 Å². The third-order valence-corrected chi connectivity index (χ3v) is 10.1. The second-order valence-electron chi connectivity index (χ2n) is 13.9. The molecule has 8 nitrogen and oxygen atoms in total. The lowest BCUT2D eigenvalue weighted by Crippen LogP contribution is -2.45. The average molecular weight is 703 g/mol. The Morgan fingerprint density at radius 1 is 0.667 bits per heavy atom. The zero-order valence-corrected chi connectivity index (χ0v) is 32.4. The smallest absolute Gasteiger partial charge is 0.387 e. The molecule has 48 heavy (non-hydrogen) atoms. The summed E-state index contributed by atoms with van der Waals surface area (Å²) in [4.78, 5) is 22.6. The Morgan fingerprint density at radius 2 is 1.06 bits per heavy atom. The van der Waals surface area contributed by atoms with Crippen LogP contribution in [0.3, 0.4) is 0 Å². The quantitative estimate of drug-likeness (QED) is 0.0286. The molecule has 286 valence electrons. The van der Waals surface area contributed by atoms with Crippen molar-refractivity contribution < 1.29 is 28.4 Å². The van der Waals surface area contributed by atoms with Gasteiger partial charge in [-0.3, -0.25) is 13.8 Å². The van der Waals surface area contributed by atoms with Crippen LogP contribution in [-0.4, -0.2) is 47.8 Å². The molecule has 0 heterocycles. The van der Waals surface area contributed by atoms with Gasteiger partial charge in [0.15, 0.2) is 0 Å². The van der Waals surface area contributed by atoms with E-state index in [4.69, 9.17) is 14.8 Å². The van der Waals surface area contributed by atoms with Crippen LogP contribution in [0, 0.1) is 0 Å². The van der Waals surface area contributed by atoms with Gasteiger partial charge < -0.3 is 21.1 Å². The second kappa shape index (κ2) is 36.0. The molecule has 1 amide bonds. The molecule has 9 heteroatoms. The molecule has 0 aliphatic heterocycles. The van der Waals surface area contributed by atoms with Crippen LogP contribution in [-0.2, 0) is 18.4 Å². The summed E-state index contributed by atoms with van der Waals surface area (Å²) in [7, 11) is -4.33. The van der Waals surface area contributed by atoms with Crippen LogP contribution in [0.25, 0.3) is 0 Å². The minimum atomic E-state index is -4.33. The lowest BCUT2D eigenvalue weighted by atomic mass is 10.0. The van der Waals surface area contributed by atoms with Crippen LogP contribution in [0.15, 0.2) is 12.2 Å². The van der Waals surface area contributed by atoms with Crippen molar-refractivity contribution in [3.63, 3.8) is 0 Å². The van der Waals surface area contributed by atoms with Gasteiger partial charge in [-0.15, -0.1) is 0 Å². The molecule has 0 radical (unpaired) electrons. The highest BCUT2D eigenvalue weighted by molar-refractivity contribution is 7.47. The van der Waals surface area contributed by atoms with Gasteiger partial charge in [-0.05, 0) is 19.3 Å². The predicted molar refractivity (Wildman–Crippen MR) is 203 cm³/mol. The zero-order valence-electron chi connectivity index (χ0n) is 31.5.